The quantitative estimate of drug-likeness (QED) is 0.714. The molecule has 0 aromatic rings. The first-order valence-electron chi connectivity index (χ1n) is 6.99. The fourth-order valence-electron chi connectivity index (χ4n) is 3.37. The van der Waals surface area contributed by atoms with Crippen molar-refractivity contribution in [1.29, 1.82) is 0 Å². The minimum Gasteiger partial charge on any atom is -0.314 e. The maximum Gasteiger partial charge on any atom is 0.0135 e. The van der Waals surface area contributed by atoms with E-state index in [2.05, 4.69) is 17.2 Å². The number of piperidine rings is 1. The Labute approximate surface area is 99.9 Å². The van der Waals surface area contributed by atoms with Crippen LogP contribution in [0.2, 0.25) is 0 Å². The average Bonchev–Trinajstić information content (AvgIpc) is 2.38. The van der Waals surface area contributed by atoms with E-state index in [-0.39, 0.29) is 0 Å². The van der Waals surface area contributed by atoms with Gasteiger partial charge in [0.1, 0.15) is 0 Å². The van der Waals surface area contributed by atoms with E-state index < -0.39 is 0 Å². The highest BCUT2D eigenvalue weighted by Gasteiger charge is 2.31. The van der Waals surface area contributed by atoms with Crippen molar-refractivity contribution in [2.45, 2.75) is 57.0 Å². The van der Waals surface area contributed by atoms with Crippen molar-refractivity contribution >= 4 is 0 Å². The molecule has 1 saturated heterocycles. The number of hydrogen-bond donors (Lipinski definition) is 2. The van der Waals surface area contributed by atoms with Gasteiger partial charge in [0.15, 0.2) is 0 Å². The van der Waals surface area contributed by atoms with Crippen LogP contribution in [0.5, 0.6) is 0 Å². The van der Waals surface area contributed by atoms with Gasteiger partial charge in [0.25, 0.3) is 0 Å². The van der Waals surface area contributed by atoms with Gasteiger partial charge >= 0.3 is 0 Å². The number of nitrogens with one attached hydrogen (secondary N) is 2. The van der Waals surface area contributed by atoms with Crippen molar-refractivity contribution in [3.05, 3.63) is 12.7 Å². The van der Waals surface area contributed by atoms with Gasteiger partial charge in [-0.2, -0.15) is 0 Å². The largest absolute Gasteiger partial charge is 0.314 e. The summed E-state index contributed by atoms with van der Waals surface area (Å²) in [6.07, 6.45) is 11.8. The molecule has 1 saturated carbocycles. The molecule has 2 fully saturated rings. The summed E-state index contributed by atoms with van der Waals surface area (Å²) in [5.74, 6) is 0.856. The van der Waals surface area contributed by atoms with Crippen LogP contribution in [-0.4, -0.2) is 25.2 Å². The first kappa shape index (κ1) is 12.1. The van der Waals surface area contributed by atoms with Gasteiger partial charge in [-0.05, 0) is 38.1 Å². The molecule has 0 spiro atoms. The van der Waals surface area contributed by atoms with Crippen molar-refractivity contribution < 1.29 is 0 Å². The van der Waals surface area contributed by atoms with E-state index in [0.29, 0.717) is 0 Å². The summed E-state index contributed by atoms with van der Waals surface area (Å²) in [6, 6.07) is 1.50. The van der Waals surface area contributed by atoms with Gasteiger partial charge in [-0.3, -0.25) is 0 Å². The summed E-state index contributed by atoms with van der Waals surface area (Å²) in [5, 5.41) is 7.39. The molecular weight excluding hydrogens is 196 g/mol. The Bertz CT molecular complexity index is 209. The molecule has 2 rings (SSSR count). The maximum absolute atomic E-state index is 3.80. The normalized spacial score (nSPS) is 35.9. The van der Waals surface area contributed by atoms with Crippen LogP contribution in [0.3, 0.4) is 0 Å². The Morgan fingerprint density at radius 3 is 2.69 bits per heavy atom. The molecule has 16 heavy (non-hydrogen) atoms. The van der Waals surface area contributed by atoms with Gasteiger partial charge in [-0.1, -0.05) is 25.3 Å². The van der Waals surface area contributed by atoms with E-state index in [1.165, 1.54) is 51.5 Å². The fourth-order valence-corrected chi connectivity index (χ4v) is 3.37. The van der Waals surface area contributed by atoms with Crippen molar-refractivity contribution in [2.24, 2.45) is 5.92 Å². The van der Waals surface area contributed by atoms with Gasteiger partial charge in [0.05, 0.1) is 0 Å². The van der Waals surface area contributed by atoms with Gasteiger partial charge in [-0.15, -0.1) is 6.58 Å². The minimum atomic E-state index is 0.724. The third kappa shape index (κ3) is 3.08. The summed E-state index contributed by atoms with van der Waals surface area (Å²) < 4.78 is 0. The van der Waals surface area contributed by atoms with E-state index in [1.807, 2.05) is 6.08 Å². The SMILES string of the molecule is C=CCNC1CCCCC1C1CCCCN1. The van der Waals surface area contributed by atoms with Crippen molar-refractivity contribution in [1.82, 2.24) is 10.6 Å². The summed E-state index contributed by atoms with van der Waals surface area (Å²) in [6.45, 7) is 6.00. The van der Waals surface area contributed by atoms with Crippen molar-refractivity contribution in [2.75, 3.05) is 13.1 Å². The van der Waals surface area contributed by atoms with Crippen LogP contribution in [0.25, 0.3) is 0 Å². The predicted molar refractivity (Wildman–Crippen MR) is 69.6 cm³/mol. The molecule has 1 aliphatic heterocycles. The summed E-state index contributed by atoms with van der Waals surface area (Å²) in [5.41, 5.74) is 0. The number of rotatable bonds is 4. The van der Waals surface area contributed by atoms with Crippen LogP contribution < -0.4 is 10.6 Å². The Kier molecular flexibility index (Phi) is 4.86. The van der Waals surface area contributed by atoms with E-state index in [0.717, 1.165) is 24.5 Å². The molecular formula is C14H26N2. The van der Waals surface area contributed by atoms with Gasteiger partial charge in [0, 0.05) is 18.6 Å². The summed E-state index contributed by atoms with van der Waals surface area (Å²) in [7, 11) is 0. The molecule has 3 unspecified atom stereocenters. The first-order chi connectivity index (χ1) is 7.92. The molecule has 2 nitrogen and oxygen atoms in total. The second kappa shape index (κ2) is 6.41. The van der Waals surface area contributed by atoms with Gasteiger partial charge in [-0.25, -0.2) is 0 Å². The second-order valence-electron chi connectivity index (χ2n) is 5.31. The van der Waals surface area contributed by atoms with Crippen molar-refractivity contribution in [3.63, 3.8) is 0 Å². The molecule has 0 amide bonds. The molecule has 0 aromatic carbocycles. The van der Waals surface area contributed by atoms with Gasteiger partial charge in [0.2, 0.25) is 0 Å². The van der Waals surface area contributed by atoms with E-state index >= 15 is 0 Å². The Balaban J connectivity index is 1.89. The van der Waals surface area contributed by atoms with Crippen LogP contribution in [0.1, 0.15) is 44.9 Å². The zero-order chi connectivity index (χ0) is 11.2. The zero-order valence-corrected chi connectivity index (χ0v) is 10.4. The predicted octanol–water partition coefficient (Wildman–Crippen LogP) is 2.46. The molecule has 0 radical (unpaired) electrons. The van der Waals surface area contributed by atoms with Crippen LogP contribution in [0.15, 0.2) is 12.7 Å². The molecule has 0 aromatic heterocycles. The Morgan fingerprint density at radius 2 is 1.94 bits per heavy atom. The standard InChI is InChI=1S/C14H26N2/c1-2-10-15-13-8-4-3-7-12(13)14-9-5-6-11-16-14/h2,12-16H,1,3-11H2. The lowest BCUT2D eigenvalue weighted by Crippen LogP contribution is -2.50. The minimum absolute atomic E-state index is 0.724. The lowest BCUT2D eigenvalue weighted by Gasteiger charge is -2.39. The zero-order valence-electron chi connectivity index (χ0n) is 10.4. The van der Waals surface area contributed by atoms with Crippen LogP contribution in [0, 0.1) is 5.92 Å². The highest BCUT2D eigenvalue weighted by Crippen LogP contribution is 2.30. The lowest BCUT2D eigenvalue weighted by molar-refractivity contribution is 0.185. The van der Waals surface area contributed by atoms with E-state index in [9.17, 15) is 0 Å². The Morgan fingerprint density at radius 1 is 1.12 bits per heavy atom. The fraction of sp³-hybridized carbons (Fsp3) is 0.857. The molecule has 92 valence electrons. The van der Waals surface area contributed by atoms with Crippen LogP contribution in [0.4, 0.5) is 0 Å². The van der Waals surface area contributed by atoms with Crippen molar-refractivity contribution in [3.8, 4) is 0 Å². The molecule has 2 heteroatoms. The van der Waals surface area contributed by atoms with Crippen LogP contribution in [-0.2, 0) is 0 Å². The molecule has 2 N–H and O–H groups in total. The Hall–Kier alpha value is -0.340. The highest BCUT2D eigenvalue weighted by molar-refractivity contribution is 4.91. The average molecular weight is 222 g/mol. The summed E-state index contributed by atoms with van der Waals surface area (Å²) in [4.78, 5) is 0. The second-order valence-corrected chi connectivity index (χ2v) is 5.31. The molecule has 1 heterocycles. The smallest absolute Gasteiger partial charge is 0.0135 e. The lowest BCUT2D eigenvalue weighted by atomic mass is 9.77. The molecule has 3 atom stereocenters. The summed E-state index contributed by atoms with van der Waals surface area (Å²) >= 11 is 0. The molecule has 1 aliphatic carbocycles. The van der Waals surface area contributed by atoms with E-state index in [4.69, 9.17) is 0 Å². The third-order valence-electron chi connectivity index (χ3n) is 4.21. The molecule has 2 aliphatic rings. The van der Waals surface area contributed by atoms with Crippen LogP contribution >= 0.6 is 0 Å². The topological polar surface area (TPSA) is 24.1 Å². The van der Waals surface area contributed by atoms with Gasteiger partial charge < -0.3 is 10.6 Å². The number of hydrogen-bond acceptors (Lipinski definition) is 2. The highest BCUT2D eigenvalue weighted by atomic mass is 15.0. The third-order valence-corrected chi connectivity index (χ3v) is 4.21. The van der Waals surface area contributed by atoms with E-state index in [1.54, 1.807) is 0 Å². The monoisotopic (exact) mass is 222 g/mol. The molecule has 0 bridgehead atoms. The first-order valence-corrected chi connectivity index (χ1v) is 6.99. The maximum atomic E-state index is 3.80.